The van der Waals surface area contributed by atoms with Crippen molar-refractivity contribution in [3.05, 3.63) is 56.2 Å². The smallest absolute Gasteiger partial charge is 0.102 e. The molecule has 1 aromatic carbocycles. The highest BCUT2D eigenvalue weighted by molar-refractivity contribution is 9.10. The van der Waals surface area contributed by atoms with E-state index in [9.17, 15) is 0 Å². The Kier molecular flexibility index (Phi) is 3.52. The van der Waals surface area contributed by atoms with Gasteiger partial charge in [-0.2, -0.15) is 11.3 Å². The number of fused-ring (bicyclic) bond motifs is 1. The van der Waals surface area contributed by atoms with E-state index in [-0.39, 0.29) is 12.1 Å². The summed E-state index contributed by atoms with van der Waals surface area (Å²) in [7, 11) is 0. The zero-order chi connectivity index (χ0) is 12.5. The maximum atomic E-state index is 6.38. The molecule has 1 aromatic heterocycles. The summed E-state index contributed by atoms with van der Waals surface area (Å²) in [4.78, 5) is 0. The van der Waals surface area contributed by atoms with Crippen molar-refractivity contribution in [3.8, 4) is 0 Å². The van der Waals surface area contributed by atoms with Crippen molar-refractivity contribution >= 4 is 27.3 Å². The van der Waals surface area contributed by atoms with Gasteiger partial charge in [-0.05, 0) is 44.4 Å². The van der Waals surface area contributed by atoms with Crippen molar-refractivity contribution in [2.75, 3.05) is 6.61 Å². The SMILES string of the molecule is NC(c1cscc1Br)C1OCCc2ccccc21. The molecule has 0 saturated carbocycles. The summed E-state index contributed by atoms with van der Waals surface area (Å²) in [6.45, 7) is 0.747. The standard InChI is InChI=1S/C14H14BrNOS/c15-12-8-18-7-11(12)13(16)14-10-4-2-1-3-9(10)5-6-17-14/h1-4,7-8,13-14H,5-6,16H2. The van der Waals surface area contributed by atoms with Gasteiger partial charge >= 0.3 is 0 Å². The molecule has 2 aromatic rings. The van der Waals surface area contributed by atoms with Gasteiger partial charge in [0.05, 0.1) is 12.6 Å². The first-order valence-corrected chi connectivity index (χ1v) is 7.67. The van der Waals surface area contributed by atoms with Gasteiger partial charge in [-0.25, -0.2) is 0 Å². The van der Waals surface area contributed by atoms with Gasteiger partial charge in [0.2, 0.25) is 0 Å². The second-order valence-electron chi connectivity index (χ2n) is 4.44. The van der Waals surface area contributed by atoms with Crippen LogP contribution in [0.1, 0.15) is 28.8 Å². The number of thiophene rings is 1. The minimum absolute atomic E-state index is 0.0409. The van der Waals surface area contributed by atoms with Gasteiger partial charge < -0.3 is 10.5 Å². The van der Waals surface area contributed by atoms with Crippen LogP contribution in [0.15, 0.2) is 39.5 Å². The molecule has 2 heterocycles. The summed E-state index contributed by atoms with van der Waals surface area (Å²) in [5.41, 5.74) is 10.1. The van der Waals surface area contributed by atoms with Crippen molar-refractivity contribution in [1.82, 2.24) is 0 Å². The van der Waals surface area contributed by atoms with Crippen molar-refractivity contribution in [1.29, 1.82) is 0 Å². The van der Waals surface area contributed by atoms with E-state index in [0.29, 0.717) is 0 Å². The second kappa shape index (κ2) is 5.13. The molecule has 3 rings (SSSR count). The van der Waals surface area contributed by atoms with Crippen molar-refractivity contribution in [2.24, 2.45) is 5.73 Å². The van der Waals surface area contributed by atoms with Crippen LogP contribution in [-0.2, 0) is 11.2 Å². The van der Waals surface area contributed by atoms with Gasteiger partial charge in [0.1, 0.15) is 6.10 Å². The largest absolute Gasteiger partial charge is 0.371 e. The molecule has 2 atom stereocenters. The second-order valence-corrected chi connectivity index (χ2v) is 6.04. The summed E-state index contributed by atoms with van der Waals surface area (Å²) >= 11 is 5.21. The van der Waals surface area contributed by atoms with E-state index < -0.39 is 0 Å². The minimum Gasteiger partial charge on any atom is -0.371 e. The summed E-state index contributed by atoms with van der Waals surface area (Å²) in [5, 5.41) is 4.15. The molecular weight excluding hydrogens is 310 g/mol. The van der Waals surface area contributed by atoms with E-state index in [1.807, 2.05) is 0 Å². The molecule has 18 heavy (non-hydrogen) atoms. The van der Waals surface area contributed by atoms with Crippen LogP contribution >= 0.6 is 27.3 Å². The van der Waals surface area contributed by atoms with E-state index in [4.69, 9.17) is 10.5 Å². The molecule has 0 spiro atoms. The Bertz CT molecular complexity index is 554. The highest BCUT2D eigenvalue weighted by Crippen LogP contribution is 2.38. The molecule has 0 aliphatic carbocycles. The first-order chi connectivity index (χ1) is 8.77. The topological polar surface area (TPSA) is 35.2 Å². The lowest BCUT2D eigenvalue weighted by Gasteiger charge is -2.30. The van der Waals surface area contributed by atoms with Crippen LogP contribution in [0.4, 0.5) is 0 Å². The number of hydrogen-bond donors (Lipinski definition) is 1. The lowest BCUT2D eigenvalue weighted by molar-refractivity contribution is 0.0240. The fraction of sp³-hybridized carbons (Fsp3) is 0.286. The predicted molar refractivity (Wildman–Crippen MR) is 77.8 cm³/mol. The van der Waals surface area contributed by atoms with Crippen molar-refractivity contribution < 1.29 is 4.74 Å². The molecule has 0 saturated heterocycles. The molecule has 0 amide bonds. The monoisotopic (exact) mass is 323 g/mol. The number of rotatable bonds is 2. The van der Waals surface area contributed by atoms with E-state index in [2.05, 4.69) is 51.0 Å². The third-order valence-corrected chi connectivity index (χ3v) is 5.11. The van der Waals surface area contributed by atoms with Crippen LogP contribution in [0.2, 0.25) is 0 Å². The third kappa shape index (κ3) is 2.14. The fourth-order valence-corrected chi connectivity index (χ4v) is 4.02. The van der Waals surface area contributed by atoms with Gasteiger partial charge in [-0.1, -0.05) is 24.3 Å². The molecule has 0 radical (unpaired) electrons. The Morgan fingerprint density at radius 2 is 2.17 bits per heavy atom. The highest BCUT2D eigenvalue weighted by atomic mass is 79.9. The molecule has 0 fully saturated rings. The fourth-order valence-electron chi connectivity index (χ4n) is 2.41. The molecule has 2 N–H and O–H groups in total. The van der Waals surface area contributed by atoms with Crippen LogP contribution in [0.5, 0.6) is 0 Å². The zero-order valence-electron chi connectivity index (χ0n) is 9.80. The molecule has 0 bridgehead atoms. The lowest BCUT2D eigenvalue weighted by atomic mass is 9.91. The Hall–Kier alpha value is -0.680. The summed E-state index contributed by atoms with van der Waals surface area (Å²) in [6.07, 6.45) is 0.936. The summed E-state index contributed by atoms with van der Waals surface area (Å²) in [6, 6.07) is 8.30. The maximum Gasteiger partial charge on any atom is 0.102 e. The van der Waals surface area contributed by atoms with Gasteiger partial charge in [0, 0.05) is 9.85 Å². The van der Waals surface area contributed by atoms with Gasteiger partial charge in [-0.15, -0.1) is 0 Å². The average molecular weight is 324 g/mol. The van der Waals surface area contributed by atoms with Crippen molar-refractivity contribution in [3.63, 3.8) is 0 Å². The Morgan fingerprint density at radius 1 is 1.33 bits per heavy atom. The summed E-state index contributed by atoms with van der Waals surface area (Å²) in [5.74, 6) is 0. The normalized spacial score (nSPS) is 20.4. The number of benzene rings is 1. The number of halogens is 1. The molecule has 2 nitrogen and oxygen atoms in total. The maximum absolute atomic E-state index is 6.38. The van der Waals surface area contributed by atoms with Crippen LogP contribution in [-0.4, -0.2) is 6.61 Å². The quantitative estimate of drug-likeness (QED) is 0.911. The van der Waals surface area contributed by atoms with Crippen molar-refractivity contribution in [2.45, 2.75) is 18.6 Å². The first kappa shape index (κ1) is 12.4. The molecule has 1 aliphatic heterocycles. The third-order valence-electron chi connectivity index (χ3n) is 3.36. The average Bonchev–Trinajstić information content (AvgIpc) is 2.83. The molecule has 4 heteroatoms. The molecule has 1 aliphatic rings. The van der Waals surface area contributed by atoms with E-state index in [1.54, 1.807) is 11.3 Å². The zero-order valence-corrected chi connectivity index (χ0v) is 12.2. The van der Waals surface area contributed by atoms with Crippen LogP contribution < -0.4 is 5.73 Å². The molecule has 2 unspecified atom stereocenters. The van der Waals surface area contributed by atoms with E-state index in [1.165, 1.54) is 11.1 Å². The Labute approximate surface area is 119 Å². The Balaban J connectivity index is 1.97. The van der Waals surface area contributed by atoms with Crippen LogP contribution in [0.3, 0.4) is 0 Å². The number of nitrogens with two attached hydrogens (primary N) is 1. The first-order valence-electron chi connectivity index (χ1n) is 5.94. The molecular formula is C14H14BrNOS. The molecule has 94 valence electrons. The minimum atomic E-state index is -0.118. The Morgan fingerprint density at radius 3 is 2.94 bits per heavy atom. The van der Waals surface area contributed by atoms with Crippen LogP contribution in [0, 0.1) is 0 Å². The van der Waals surface area contributed by atoms with Gasteiger partial charge in [0.25, 0.3) is 0 Å². The van der Waals surface area contributed by atoms with Gasteiger partial charge in [-0.3, -0.25) is 0 Å². The van der Waals surface area contributed by atoms with E-state index >= 15 is 0 Å². The van der Waals surface area contributed by atoms with Gasteiger partial charge in [0.15, 0.2) is 0 Å². The number of hydrogen-bond acceptors (Lipinski definition) is 3. The predicted octanol–water partition coefficient (Wildman–Crippen LogP) is 3.82. The highest BCUT2D eigenvalue weighted by Gasteiger charge is 2.28. The lowest BCUT2D eigenvalue weighted by Crippen LogP contribution is -2.27. The summed E-state index contributed by atoms with van der Waals surface area (Å²) < 4.78 is 6.98. The van der Waals surface area contributed by atoms with Crippen LogP contribution in [0.25, 0.3) is 0 Å². The van der Waals surface area contributed by atoms with E-state index in [0.717, 1.165) is 23.1 Å². The number of ether oxygens (including phenoxy) is 1.